The molecule has 0 aliphatic heterocycles. The maximum Gasteiger partial charge on any atom is 0.474 e. The van der Waals surface area contributed by atoms with Crippen molar-refractivity contribution in [3.05, 3.63) is 133 Å². The van der Waals surface area contributed by atoms with Crippen LogP contribution in [0.5, 0.6) is 0 Å². The molecule has 0 aliphatic carbocycles. The Hall–Kier alpha value is -2.63. The van der Waals surface area contributed by atoms with Crippen LogP contribution in [-0.4, -0.2) is 33.8 Å². The molecular weight excluding hydrogens is 557 g/mol. The van der Waals surface area contributed by atoms with Gasteiger partial charge in [0.15, 0.2) is 0 Å². The van der Waals surface area contributed by atoms with E-state index in [4.69, 9.17) is 12.3 Å². The van der Waals surface area contributed by atoms with Gasteiger partial charge in [-0.1, -0.05) is 128 Å². The summed E-state index contributed by atoms with van der Waals surface area (Å²) in [7, 11) is -10.8. The molecule has 0 atom stereocenters. The fourth-order valence-corrected chi connectivity index (χ4v) is 22.2. The van der Waals surface area contributed by atoms with Crippen molar-refractivity contribution in [2.24, 2.45) is 0 Å². The van der Waals surface area contributed by atoms with Crippen LogP contribution in [0.25, 0.3) is 6.08 Å². The van der Waals surface area contributed by atoms with Crippen LogP contribution in [0.4, 0.5) is 0 Å². The lowest BCUT2D eigenvalue weighted by atomic mass is 10.1. The van der Waals surface area contributed by atoms with Crippen molar-refractivity contribution in [3.63, 3.8) is 0 Å². The monoisotopic (exact) mass is 598 g/mol. The normalized spacial score (nSPS) is 12.8. The molecule has 0 saturated heterocycles. The maximum atomic E-state index is 7.50. The Morgan fingerprint density at radius 3 is 1.18 bits per heavy atom. The Kier molecular flexibility index (Phi) is 9.46. The second-order valence-electron chi connectivity index (χ2n) is 11.7. The first-order chi connectivity index (χ1) is 19.0. The molecule has 3 nitrogen and oxygen atoms in total. The first kappa shape index (κ1) is 30.3. The van der Waals surface area contributed by atoms with E-state index in [-0.39, 0.29) is 0 Å². The number of benzene rings is 4. The SMILES string of the molecule is C=Cc1ccccc1C[Si](O[Si](C)(C)c1ccccc1)(O[Si](C)(C)c1ccccc1)O[Si](C)(C)c1ccccc1. The van der Waals surface area contributed by atoms with Gasteiger partial charge in [0, 0.05) is 6.04 Å². The average Bonchev–Trinajstić information content (AvgIpc) is 2.94. The summed E-state index contributed by atoms with van der Waals surface area (Å²) in [5, 5.41) is 3.69. The van der Waals surface area contributed by atoms with Crippen molar-refractivity contribution in [3.8, 4) is 0 Å². The highest BCUT2D eigenvalue weighted by molar-refractivity contribution is 6.98. The molecule has 0 aliphatic rings. The van der Waals surface area contributed by atoms with E-state index < -0.39 is 33.8 Å². The van der Waals surface area contributed by atoms with Gasteiger partial charge in [0.25, 0.3) is 0 Å². The Morgan fingerprint density at radius 2 is 0.825 bits per heavy atom. The van der Waals surface area contributed by atoms with E-state index in [0.717, 1.165) is 11.1 Å². The number of hydrogen-bond acceptors (Lipinski definition) is 3. The third-order valence-corrected chi connectivity index (χ3v) is 23.2. The lowest BCUT2D eigenvalue weighted by molar-refractivity contribution is 0.255. The average molecular weight is 599 g/mol. The molecule has 4 aromatic rings. The van der Waals surface area contributed by atoms with Crippen LogP contribution in [0.1, 0.15) is 11.1 Å². The topological polar surface area (TPSA) is 27.7 Å². The van der Waals surface area contributed by atoms with E-state index in [1.165, 1.54) is 15.6 Å². The van der Waals surface area contributed by atoms with E-state index in [0.29, 0.717) is 6.04 Å². The lowest BCUT2D eigenvalue weighted by Gasteiger charge is -2.45. The van der Waals surface area contributed by atoms with Gasteiger partial charge in [-0.05, 0) is 66.0 Å². The van der Waals surface area contributed by atoms with Crippen LogP contribution in [0.2, 0.25) is 39.3 Å². The first-order valence-corrected chi connectivity index (χ1v) is 24.6. The molecule has 0 heterocycles. The standard InChI is InChI=1S/C33H42O3Si4/c1-8-29-20-18-19-21-30(29)28-40(34-37(2,3)31-22-12-9-13-23-31,35-38(4,5)32-24-14-10-15-25-32)36-39(6,7)33-26-16-11-17-27-33/h8-27H,1,28H2,2-7H3. The Morgan fingerprint density at radius 1 is 0.500 bits per heavy atom. The Bertz CT molecular complexity index is 1260. The molecule has 4 aromatic carbocycles. The van der Waals surface area contributed by atoms with Crippen molar-refractivity contribution in [1.82, 2.24) is 0 Å². The zero-order valence-corrected chi connectivity index (χ0v) is 28.7. The summed E-state index contributed by atoms with van der Waals surface area (Å²) in [6.07, 6.45) is 1.92. The summed E-state index contributed by atoms with van der Waals surface area (Å²) in [6, 6.07) is 40.8. The second kappa shape index (κ2) is 12.5. The zero-order valence-electron chi connectivity index (χ0n) is 24.7. The Balaban J connectivity index is 1.90. The van der Waals surface area contributed by atoms with Crippen molar-refractivity contribution in [2.75, 3.05) is 0 Å². The molecule has 0 aromatic heterocycles. The maximum absolute atomic E-state index is 7.50. The summed E-state index contributed by atoms with van der Waals surface area (Å²) in [5.41, 5.74) is 2.24. The number of hydrogen-bond donors (Lipinski definition) is 0. The van der Waals surface area contributed by atoms with Gasteiger partial charge in [0.2, 0.25) is 25.0 Å². The van der Waals surface area contributed by atoms with Gasteiger partial charge in [-0.2, -0.15) is 0 Å². The van der Waals surface area contributed by atoms with E-state index in [9.17, 15) is 0 Å². The van der Waals surface area contributed by atoms with Gasteiger partial charge < -0.3 is 12.3 Å². The van der Waals surface area contributed by atoms with Gasteiger partial charge in [0.1, 0.15) is 0 Å². The smallest absolute Gasteiger partial charge is 0.412 e. The van der Waals surface area contributed by atoms with Crippen LogP contribution in [0.15, 0.2) is 122 Å². The lowest BCUT2D eigenvalue weighted by Crippen LogP contribution is -2.69. The molecule has 0 fully saturated rings. The van der Waals surface area contributed by atoms with Crippen molar-refractivity contribution < 1.29 is 12.3 Å². The molecule has 40 heavy (non-hydrogen) atoms. The predicted molar refractivity (Wildman–Crippen MR) is 180 cm³/mol. The molecular formula is C33H42O3Si4. The Labute approximate surface area is 245 Å². The third kappa shape index (κ3) is 7.35. The summed E-state index contributed by atoms with van der Waals surface area (Å²) in [5.74, 6) is 0. The first-order valence-electron chi connectivity index (χ1n) is 13.9. The minimum atomic E-state index is -3.40. The van der Waals surface area contributed by atoms with Crippen LogP contribution < -0.4 is 15.6 Å². The minimum Gasteiger partial charge on any atom is -0.412 e. The molecule has 0 N–H and O–H groups in total. The third-order valence-electron chi connectivity index (χ3n) is 7.32. The largest absolute Gasteiger partial charge is 0.474 e. The van der Waals surface area contributed by atoms with E-state index in [2.05, 4.69) is 161 Å². The van der Waals surface area contributed by atoms with Gasteiger partial charge in [0.05, 0.1) is 0 Å². The molecule has 0 amide bonds. The molecule has 4 rings (SSSR count). The zero-order chi connectivity index (χ0) is 28.9. The van der Waals surface area contributed by atoms with Crippen LogP contribution in [0, 0.1) is 0 Å². The van der Waals surface area contributed by atoms with E-state index in [1.807, 2.05) is 6.08 Å². The molecule has 208 valence electrons. The highest BCUT2D eigenvalue weighted by Gasteiger charge is 2.54. The van der Waals surface area contributed by atoms with Crippen molar-refractivity contribution in [1.29, 1.82) is 0 Å². The fourth-order valence-electron chi connectivity index (χ4n) is 5.16. The molecule has 0 saturated carbocycles. The number of rotatable bonds is 12. The molecule has 7 heteroatoms. The predicted octanol–water partition coefficient (Wildman–Crippen LogP) is 6.74. The van der Waals surface area contributed by atoms with Crippen molar-refractivity contribution >= 4 is 55.4 Å². The second-order valence-corrected chi connectivity index (χ2v) is 26.7. The molecule has 0 bridgehead atoms. The minimum absolute atomic E-state index is 0.588. The van der Waals surface area contributed by atoms with Gasteiger partial charge in [-0.25, -0.2) is 0 Å². The van der Waals surface area contributed by atoms with E-state index >= 15 is 0 Å². The molecule has 0 unspecified atom stereocenters. The highest BCUT2D eigenvalue weighted by atomic mass is 28.5. The highest BCUT2D eigenvalue weighted by Crippen LogP contribution is 2.30. The van der Waals surface area contributed by atoms with Crippen LogP contribution >= 0.6 is 0 Å². The van der Waals surface area contributed by atoms with Crippen molar-refractivity contribution in [2.45, 2.75) is 45.3 Å². The van der Waals surface area contributed by atoms with Gasteiger partial charge in [-0.3, -0.25) is 0 Å². The fraction of sp³-hybridized carbons (Fsp3) is 0.212. The molecule has 0 radical (unpaired) electrons. The summed E-state index contributed by atoms with van der Waals surface area (Å²) in [4.78, 5) is 0. The van der Waals surface area contributed by atoms with Gasteiger partial charge in [-0.15, -0.1) is 0 Å². The molecule has 0 spiro atoms. The quantitative estimate of drug-likeness (QED) is 0.169. The van der Waals surface area contributed by atoms with E-state index in [1.54, 1.807) is 0 Å². The summed E-state index contributed by atoms with van der Waals surface area (Å²) in [6.45, 7) is 17.7. The summed E-state index contributed by atoms with van der Waals surface area (Å²) < 4.78 is 22.5. The van der Waals surface area contributed by atoms with Crippen LogP contribution in [-0.2, 0) is 18.4 Å². The van der Waals surface area contributed by atoms with Gasteiger partial charge >= 0.3 is 8.80 Å². The van der Waals surface area contributed by atoms with Crippen LogP contribution in [0.3, 0.4) is 0 Å². The summed E-state index contributed by atoms with van der Waals surface area (Å²) >= 11 is 0.